The molecule has 0 amide bonds. The first-order chi connectivity index (χ1) is 9.49. The average Bonchev–Trinajstić information content (AvgIpc) is 2.41. The normalized spacial score (nSPS) is 12.7. The van der Waals surface area contributed by atoms with E-state index >= 15 is 0 Å². The van der Waals surface area contributed by atoms with Crippen LogP contribution in [0.25, 0.3) is 0 Å². The fourth-order valence-corrected chi connectivity index (χ4v) is 2.40. The molecule has 0 aliphatic carbocycles. The minimum Gasteiger partial charge on any atom is -0.207 e. The van der Waals surface area contributed by atoms with Gasteiger partial charge in [-0.25, -0.2) is 8.78 Å². The summed E-state index contributed by atoms with van der Waals surface area (Å²) < 4.78 is 27.8. The van der Waals surface area contributed by atoms with Gasteiger partial charge in [-0.1, -0.05) is 51.1 Å². The zero-order valence-corrected chi connectivity index (χ0v) is 12.2. The zero-order valence-electron chi connectivity index (χ0n) is 12.2. The average molecular weight is 274 g/mol. The quantitative estimate of drug-likeness (QED) is 0.697. The van der Waals surface area contributed by atoms with E-state index < -0.39 is 0 Å². The maximum absolute atomic E-state index is 14.1. The summed E-state index contributed by atoms with van der Waals surface area (Å²) in [7, 11) is 0. The molecule has 1 unspecified atom stereocenters. The van der Waals surface area contributed by atoms with E-state index in [1.807, 2.05) is 39.0 Å². The smallest absolute Gasteiger partial charge is 0.126 e. The Balaban J connectivity index is 2.20. The predicted molar refractivity (Wildman–Crippen MR) is 79.0 cm³/mol. The fourth-order valence-electron chi connectivity index (χ4n) is 2.40. The number of rotatable bonds is 4. The summed E-state index contributed by atoms with van der Waals surface area (Å²) in [6, 6.07) is 12.1. The van der Waals surface area contributed by atoms with Gasteiger partial charge < -0.3 is 0 Å². The van der Waals surface area contributed by atoms with Crippen LogP contribution in [0.5, 0.6) is 0 Å². The van der Waals surface area contributed by atoms with Crippen LogP contribution >= 0.6 is 0 Å². The molecule has 20 heavy (non-hydrogen) atoms. The van der Waals surface area contributed by atoms with Crippen molar-refractivity contribution in [2.45, 2.75) is 39.0 Å². The molecule has 0 spiro atoms. The third kappa shape index (κ3) is 3.24. The van der Waals surface area contributed by atoms with Crippen LogP contribution in [0.4, 0.5) is 8.78 Å². The topological polar surface area (TPSA) is 0 Å². The molecule has 0 saturated carbocycles. The lowest BCUT2D eigenvalue weighted by atomic mass is 9.91. The van der Waals surface area contributed by atoms with Gasteiger partial charge in [0.2, 0.25) is 0 Å². The molecule has 2 aromatic carbocycles. The third-order valence-corrected chi connectivity index (χ3v) is 3.71. The van der Waals surface area contributed by atoms with Crippen LogP contribution in [0, 0.1) is 11.6 Å². The SMILES string of the molecule is CC(C)c1ccc(CC(C)c2ccccc2F)c(F)c1. The number of hydrogen-bond acceptors (Lipinski definition) is 0. The lowest BCUT2D eigenvalue weighted by Crippen LogP contribution is -2.03. The van der Waals surface area contributed by atoms with Crippen molar-refractivity contribution in [3.05, 3.63) is 70.8 Å². The molecule has 2 aromatic rings. The van der Waals surface area contributed by atoms with Gasteiger partial charge in [0.1, 0.15) is 11.6 Å². The summed E-state index contributed by atoms with van der Waals surface area (Å²) in [4.78, 5) is 0. The lowest BCUT2D eigenvalue weighted by molar-refractivity contribution is 0.569. The standard InChI is InChI=1S/C18H20F2/c1-12(2)14-8-9-15(18(20)11-14)10-13(3)16-6-4-5-7-17(16)19/h4-9,11-13H,10H2,1-3H3. The van der Waals surface area contributed by atoms with Crippen molar-refractivity contribution < 1.29 is 8.78 Å². The highest BCUT2D eigenvalue weighted by Gasteiger charge is 2.14. The molecule has 0 aliphatic heterocycles. The summed E-state index contributed by atoms with van der Waals surface area (Å²) in [6.45, 7) is 6.00. The molecule has 0 nitrogen and oxygen atoms in total. The van der Waals surface area contributed by atoms with Crippen LogP contribution in [0.3, 0.4) is 0 Å². The van der Waals surface area contributed by atoms with Gasteiger partial charge in [-0.15, -0.1) is 0 Å². The van der Waals surface area contributed by atoms with Gasteiger partial charge in [0, 0.05) is 0 Å². The van der Waals surface area contributed by atoms with E-state index in [1.54, 1.807) is 18.2 Å². The molecule has 0 aromatic heterocycles. The van der Waals surface area contributed by atoms with Crippen LogP contribution in [-0.2, 0) is 6.42 Å². The Morgan fingerprint density at radius 3 is 2.20 bits per heavy atom. The number of benzene rings is 2. The van der Waals surface area contributed by atoms with Gasteiger partial charge >= 0.3 is 0 Å². The lowest BCUT2D eigenvalue weighted by Gasteiger charge is -2.14. The first-order valence-corrected chi connectivity index (χ1v) is 7.01. The van der Waals surface area contributed by atoms with Crippen molar-refractivity contribution in [1.82, 2.24) is 0 Å². The fraction of sp³-hybridized carbons (Fsp3) is 0.333. The van der Waals surface area contributed by atoms with Gasteiger partial charge in [-0.05, 0) is 47.1 Å². The molecule has 1 atom stereocenters. The van der Waals surface area contributed by atoms with E-state index in [0.29, 0.717) is 23.5 Å². The highest BCUT2D eigenvalue weighted by molar-refractivity contribution is 5.29. The Bertz CT molecular complexity index is 588. The summed E-state index contributed by atoms with van der Waals surface area (Å²) in [5, 5.41) is 0. The van der Waals surface area contributed by atoms with Crippen LogP contribution in [-0.4, -0.2) is 0 Å². The molecule has 0 fully saturated rings. The van der Waals surface area contributed by atoms with Crippen molar-refractivity contribution in [1.29, 1.82) is 0 Å². The molecule has 2 rings (SSSR count). The van der Waals surface area contributed by atoms with Crippen LogP contribution in [0.1, 0.15) is 49.3 Å². The molecule has 2 heteroatoms. The second-order valence-electron chi connectivity index (χ2n) is 5.63. The highest BCUT2D eigenvalue weighted by atomic mass is 19.1. The molecule has 106 valence electrons. The zero-order chi connectivity index (χ0) is 14.7. The first kappa shape index (κ1) is 14.7. The minimum atomic E-state index is -0.223. The number of hydrogen-bond donors (Lipinski definition) is 0. The maximum Gasteiger partial charge on any atom is 0.126 e. The third-order valence-electron chi connectivity index (χ3n) is 3.71. The Morgan fingerprint density at radius 2 is 1.60 bits per heavy atom. The van der Waals surface area contributed by atoms with Crippen molar-refractivity contribution in [3.8, 4) is 0 Å². The summed E-state index contributed by atoms with van der Waals surface area (Å²) in [6.07, 6.45) is 0.505. The molecule has 0 radical (unpaired) electrons. The molecule has 0 bridgehead atoms. The summed E-state index contributed by atoms with van der Waals surface area (Å²) in [5.74, 6) is -0.156. The summed E-state index contributed by atoms with van der Waals surface area (Å²) in [5.41, 5.74) is 2.27. The second kappa shape index (κ2) is 6.17. The molecule has 0 N–H and O–H groups in total. The monoisotopic (exact) mass is 274 g/mol. The first-order valence-electron chi connectivity index (χ1n) is 7.01. The van der Waals surface area contributed by atoms with Gasteiger partial charge in [0.25, 0.3) is 0 Å². The largest absolute Gasteiger partial charge is 0.207 e. The van der Waals surface area contributed by atoms with Crippen molar-refractivity contribution in [2.75, 3.05) is 0 Å². The van der Waals surface area contributed by atoms with E-state index in [2.05, 4.69) is 0 Å². The maximum atomic E-state index is 14.1. The molecule has 0 heterocycles. The molecule has 0 aliphatic rings. The second-order valence-corrected chi connectivity index (χ2v) is 5.63. The van der Waals surface area contributed by atoms with Crippen LogP contribution in [0.15, 0.2) is 42.5 Å². The van der Waals surface area contributed by atoms with Crippen LogP contribution < -0.4 is 0 Å². The van der Waals surface area contributed by atoms with E-state index in [9.17, 15) is 8.78 Å². The van der Waals surface area contributed by atoms with E-state index in [-0.39, 0.29) is 17.6 Å². The van der Waals surface area contributed by atoms with Gasteiger partial charge in [0.05, 0.1) is 0 Å². The predicted octanol–water partition coefficient (Wildman–Crippen LogP) is 5.43. The summed E-state index contributed by atoms with van der Waals surface area (Å²) >= 11 is 0. The van der Waals surface area contributed by atoms with Gasteiger partial charge in [0.15, 0.2) is 0 Å². The molecular formula is C18H20F2. The van der Waals surface area contributed by atoms with Gasteiger partial charge in [-0.3, -0.25) is 0 Å². The van der Waals surface area contributed by atoms with Gasteiger partial charge in [-0.2, -0.15) is 0 Å². The Kier molecular flexibility index (Phi) is 4.53. The van der Waals surface area contributed by atoms with Crippen LogP contribution in [0.2, 0.25) is 0 Å². The minimum absolute atomic E-state index is 0.0457. The number of halogens is 2. The van der Waals surface area contributed by atoms with Crippen molar-refractivity contribution in [3.63, 3.8) is 0 Å². The Hall–Kier alpha value is -1.70. The van der Waals surface area contributed by atoms with E-state index in [1.165, 1.54) is 6.07 Å². The molecule has 0 saturated heterocycles. The Morgan fingerprint density at radius 1 is 0.900 bits per heavy atom. The Labute approximate surface area is 119 Å². The van der Waals surface area contributed by atoms with Crippen molar-refractivity contribution in [2.24, 2.45) is 0 Å². The van der Waals surface area contributed by atoms with E-state index in [0.717, 1.165) is 5.56 Å². The molecular weight excluding hydrogens is 254 g/mol. The van der Waals surface area contributed by atoms with E-state index in [4.69, 9.17) is 0 Å². The van der Waals surface area contributed by atoms with Crippen molar-refractivity contribution >= 4 is 0 Å². The highest BCUT2D eigenvalue weighted by Crippen LogP contribution is 2.25.